The van der Waals surface area contributed by atoms with Crippen molar-refractivity contribution < 1.29 is 4.79 Å². The highest BCUT2D eigenvalue weighted by Gasteiger charge is 2.30. The average Bonchev–Trinajstić information content (AvgIpc) is 3.39. The van der Waals surface area contributed by atoms with Gasteiger partial charge in [0.25, 0.3) is 0 Å². The molecule has 0 saturated carbocycles. The fraction of sp³-hybridized carbons (Fsp3) is 0.348. The summed E-state index contributed by atoms with van der Waals surface area (Å²) in [5.74, 6) is 0.731. The molecule has 2 aromatic rings. The average molecular weight is 392 g/mol. The van der Waals surface area contributed by atoms with Crippen LogP contribution in [0.1, 0.15) is 16.8 Å². The number of hydrogen-bond donors (Lipinski definition) is 1. The second kappa shape index (κ2) is 7.57. The molecular formula is C23H25N3OS. The van der Waals surface area contributed by atoms with Gasteiger partial charge in [0.15, 0.2) is 5.78 Å². The molecule has 144 valence electrons. The van der Waals surface area contributed by atoms with Crippen LogP contribution >= 0.6 is 11.3 Å². The van der Waals surface area contributed by atoms with E-state index >= 15 is 0 Å². The van der Waals surface area contributed by atoms with Crippen LogP contribution in [-0.4, -0.2) is 54.3 Å². The Bertz CT molecular complexity index is 965. The molecule has 3 heterocycles. The normalized spacial score (nSPS) is 24.3. The van der Waals surface area contributed by atoms with Crippen LogP contribution in [0.3, 0.4) is 0 Å². The van der Waals surface area contributed by atoms with E-state index in [-0.39, 0.29) is 5.78 Å². The van der Waals surface area contributed by atoms with Crippen molar-refractivity contribution in [3.8, 4) is 0 Å². The number of nitrogens with zero attached hydrogens (tertiary/aromatic N) is 2. The molecule has 2 atom stereocenters. The number of benzene rings is 1. The molecular weight excluding hydrogens is 366 g/mol. The first-order chi connectivity index (χ1) is 13.8. The van der Waals surface area contributed by atoms with E-state index in [1.165, 1.54) is 10.4 Å². The third-order valence-electron chi connectivity index (χ3n) is 6.08. The lowest BCUT2D eigenvalue weighted by molar-refractivity contribution is 0.0942. The Morgan fingerprint density at radius 2 is 2.00 bits per heavy atom. The Hall–Kier alpha value is -2.37. The molecule has 1 N–H and O–H groups in total. The molecule has 2 unspecified atom stereocenters. The molecule has 0 amide bonds. The first-order valence-corrected chi connectivity index (χ1v) is 11.0. The molecule has 1 saturated heterocycles. The summed E-state index contributed by atoms with van der Waals surface area (Å²) in [6.07, 6.45) is 11.6. The minimum absolute atomic E-state index is 0.269. The highest BCUT2D eigenvalue weighted by molar-refractivity contribution is 7.17. The predicted octanol–water partition coefficient (Wildman–Crippen LogP) is 3.65. The van der Waals surface area contributed by atoms with Crippen molar-refractivity contribution in [1.82, 2.24) is 15.1 Å². The maximum Gasteiger partial charge on any atom is 0.165 e. The third kappa shape index (κ3) is 3.29. The first-order valence-electron chi connectivity index (χ1n) is 10.1. The van der Waals surface area contributed by atoms with Crippen LogP contribution in [-0.2, 0) is 0 Å². The molecule has 1 aromatic carbocycles. The number of piperazine rings is 1. The number of carbonyl (C=O) groups is 1. The van der Waals surface area contributed by atoms with E-state index in [0.29, 0.717) is 18.4 Å². The van der Waals surface area contributed by atoms with Crippen molar-refractivity contribution in [3.05, 3.63) is 71.4 Å². The van der Waals surface area contributed by atoms with Gasteiger partial charge >= 0.3 is 0 Å². The quantitative estimate of drug-likeness (QED) is 0.790. The highest BCUT2D eigenvalue weighted by Crippen LogP contribution is 2.29. The number of allylic oxidation sites excluding steroid dienone is 2. The van der Waals surface area contributed by atoms with Crippen LogP contribution in [0.4, 0.5) is 0 Å². The van der Waals surface area contributed by atoms with Crippen LogP contribution in [0.25, 0.3) is 10.1 Å². The molecule has 5 heteroatoms. The topological polar surface area (TPSA) is 35.6 Å². The predicted molar refractivity (Wildman–Crippen MR) is 116 cm³/mol. The molecule has 3 aliphatic rings. The minimum Gasteiger partial charge on any atom is -0.384 e. The lowest BCUT2D eigenvalue weighted by Crippen LogP contribution is -2.48. The van der Waals surface area contributed by atoms with Gasteiger partial charge in [-0.25, -0.2) is 0 Å². The van der Waals surface area contributed by atoms with Gasteiger partial charge < -0.3 is 10.2 Å². The number of rotatable bonds is 5. The Kier molecular flexibility index (Phi) is 4.79. The molecule has 1 fully saturated rings. The molecule has 4 nitrogen and oxygen atoms in total. The Morgan fingerprint density at radius 3 is 2.89 bits per heavy atom. The molecule has 1 aliphatic carbocycles. The van der Waals surface area contributed by atoms with Crippen molar-refractivity contribution in [3.63, 3.8) is 0 Å². The summed E-state index contributed by atoms with van der Waals surface area (Å²) in [4.78, 5) is 17.7. The highest BCUT2D eigenvalue weighted by atomic mass is 32.1. The van der Waals surface area contributed by atoms with E-state index in [2.05, 4.69) is 57.8 Å². The van der Waals surface area contributed by atoms with E-state index < -0.39 is 0 Å². The van der Waals surface area contributed by atoms with Gasteiger partial charge in [-0.2, -0.15) is 0 Å². The number of ketones is 1. The Balaban J connectivity index is 1.16. The minimum atomic E-state index is 0.269. The number of Topliss-reactive ketones (excluding diaryl/α,β-unsaturated/α-hetero) is 1. The monoisotopic (exact) mass is 391 g/mol. The standard InChI is InChI=1S/C23H25N3OS/c27-22(19-16-28-23-7-2-1-4-17(19)23)9-11-25-12-14-26(15-13-25)21-6-3-5-20-18(21)8-10-24-20/h1-8,10,16,18,20,24H,9,11-15H2. The first kappa shape index (κ1) is 17.7. The Labute approximate surface area is 169 Å². The van der Waals surface area contributed by atoms with Gasteiger partial charge in [0.05, 0.1) is 6.04 Å². The molecule has 0 bridgehead atoms. The van der Waals surface area contributed by atoms with Crippen molar-refractivity contribution in [2.24, 2.45) is 5.92 Å². The number of carbonyl (C=O) groups excluding carboxylic acids is 1. The zero-order valence-corrected chi connectivity index (χ0v) is 16.7. The van der Waals surface area contributed by atoms with E-state index in [1.54, 1.807) is 11.3 Å². The van der Waals surface area contributed by atoms with E-state index in [0.717, 1.165) is 43.7 Å². The van der Waals surface area contributed by atoms with E-state index in [9.17, 15) is 4.79 Å². The van der Waals surface area contributed by atoms with Crippen LogP contribution in [0.2, 0.25) is 0 Å². The molecule has 0 spiro atoms. The molecule has 5 rings (SSSR count). The van der Waals surface area contributed by atoms with Gasteiger partial charge in [0.1, 0.15) is 0 Å². The summed E-state index contributed by atoms with van der Waals surface area (Å²) in [7, 11) is 0. The van der Waals surface area contributed by atoms with Gasteiger partial charge in [0, 0.05) is 71.8 Å². The fourth-order valence-corrected chi connectivity index (χ4v) is 5.44. The Morgan fingerprint density at radius 1 is 1.14 bits per heavy atom. The number of fused-ring (bicyclic) bond motifs is 2. The van der Waals surface area contributed by atoms with Crippen molar-refractivity contribution in [2.45, 2.75) is 12.5 Å². The summed E-state index contributed by atoms with van der Waals surface area (Å²) in [5, 5.41) is 6.54. The van der Waals surface area contributed by atoms with Crippen LogP contribution in [0.5, 0.6) is 0 Å². The van der Waals surface area contributed by atoms with Crippen molar-refractivity contribution in [1.29, 1.82) is 0 Å². The van der Waals surface area contributed by atoms with Crippen LogP contribution in [0, 0.1) is 5.92 Å². The van der Waals surface area contributed by atoms with Gasteiger partial charge in [0.2, 0.25) is 0 Å². The summed E-state index contributed by atoms with van der Waals surface area (Å²) in [5.41, 5.74) is 2.32. The molecule has 28 heavy (non-hydrogen) atoms. The second-order valence-electron chi connectivity index (χ2n) is 7.70. The lowest BCUT2D eigenvalue weighted by Gasteiger charge is -2.40. The third-order valence-corrected chi connectivity index (χ3v) is 7.04. The number of hydrogen-bond acceptors (Lipinski definition) is 5. The van der Waals surface area contributed by atoms with Gasteiger partial charge in [-0.3, -0.25) is 9.69 Å². The zero-order valence-electron chi connectivity index (χ0n) is 15.9. The SMILES string of the molecule is O=C(CCN1CCN(C2=CC=CC3NC=CC23)CC1)c1csc2ccccc12. The smallest absolute Gasteiger partial charge is 0.165 e. The number of nitrogens with one attached hydrogen (secondary N) is 1. The summed E-state index contributed by atoms with van der Waals surface area (Å²) < 4.78 is 1.20. The molecule has 0 radical (unpaired) electrons. The number of thiophene rings is 1. The van der Waals surface area contributed by atoms with Gasteiger partial charge in [-0.1, -0.05) is 36.4 Å². The molecule has 2 aliphatic heterocycles. The van der Waals surface area contributed by atoms with Crippen molar-refractivity contribution >= 4 is 27.2 Å². The zero-order chi connectivity index (χ0) is 18.9. The maximum absolute atomic E-state index is 12.7. The van der Waals surface area contributed by atoms with Crippen LogP contribution in [0.15, 0.2) is 65.8 Å². The van der Waals surface area contributed by atoms with Gasteiger partial charge in [-0.15, -0.1) is 11.3 Å². The summed E-state index contributed by atoms with van der Waals surface area (Å²) >= 11 is 1.66. The fourth-order valence-electron chi connectivity index (χ4n) is 4.47. The summed E-state index contributed by atoms with van der Waals surface area (Å²) in [6, 6.07) is 8.61. The summed E-state index contributed by atoms with van der Waals surface area (Å²) in [6.45, 7) is 4.96. The maximum atomic E-state index is 12.7. The van der Waals surface area contributed by atoms with E-state index in [4.69, 9.17) is 0 Å². The lowest BCUT2D eigenvalue weighted by atomic mass is 9.92. The van der Waals surface area contributed by atoms with Crippen molar-refractivity contribution in [2.75, 3.05) is 32.7 Å². The van der Waals surface area contributed by atoms with Crippen LogP contribution < -0.4 is 5.32 Å². The van der Waals surface area contributed by atoms with Gasteiger partial charge in [-0.05, 0) is 18.3 Å². The van der Waals surface area contributed by atoms with E-state index in [1.807, 2.05) is 17.5 Å². The molecule has 1 aromatic heterocycles. The second-order valence-corrected chi connectivity index (χ2v) is 8.61. The largest absolute Gasteiger partial charge is 0.384 e.